The molecule has 17 heavy (non-hydrogen) atoms. The highest BCUT2D eigenvalue weighted by atomic mass is 19.1. The van der Waals surface area contributed by atoms with Crippen molar-refractivity contribution in [1.29, 1.82) is 0 Å². The van der Waals surface area contributed by atoms with Gasteiger partial charge in [0.2, 0.25) is 0 Å². The number of carbonyl (C=O) groups is 1. The van der Waals surface area contributed by atoms with Crippen LogP contribution in [0.15, 0.2) is 23.8 Å². The van der Waals surface area contributed by atoms with E-state index < -0.39 is 17.6 Å². The maximum absolute atomic E-state index is 13.4. The fourth-order valence-corrected chi connectivity index (χ4v) is 1.28. The second kappa shape index (κ2) is 5.43. The quantitative estimate of drug-likeness (QED) is 0.797. The number of benzene rings is 1. The minimum Gasteiger partial charge on any atom is -0.478 e. The number of rotatable bonds is 4. The van der Waals surface area contributed by atoms with E-state index >= 15 is 0 Å². The van der Waals surface area contributed by atoms with Crippen molar-refractivity contribution in [2.24, 2.45) is 0 Å². The van der Waals surface area contributed by atoms with E-state index in [4.69, 9.17) is 5.11 Å². The van der Waals surface area contributed by atoms with Crippen molar-refractivity contribution in [1.82, 2.24) is 0 Å². The molecule has 92 valence electrons. The Kier molecular flexibility index (Phi) is 4.20. The molecule has 0 aliphatic rings. The Bertz CT molecular complexity index is 470. The van der Waals surface area contributed by atoms with Gasteiger partial charge in [0.25, 0.3) is 0 Å². The zero-order chi connectivity index (χ0) is 13.0. The SMILES string of the molecule is C/C(=C/C(=O)O)CNc1cc(F)c(C)cc1F. The van der Waals surface area contributed by atoms with Crippen molar-refractivity contribution >= 4 is 11.7 Å². The van der Waals surface area contributed by atoms with E-state index in [9.17, 15) is 13.6 Å². The molecule has 1 rings (SSSR count). The van der Waals surface area contributed by atoms with Crippen LogP contribution >= 0.6 is 0 Å². The molecule has 5 heteroatoms. The highest BCUT2D eigenvalue weighted by Crippen LogP contribution is 2.18. The molecule has 0 heterocycles. The molecule has 0 fully saturated rings. The number of hydrogen-bond acceptors (Lipinski definition) is 2. The minimum atomic E-state index is -1.07. The first-order chi connectivity index (χ1) is 7.90. The number of carboxylic acid groups (broad SMARTS) is 1. The van der Waals surface area contributed by atoms with Crippen LogP contribution in [-0.2, 0) is 4.79 Å². The summed E-state index contributed by atoms with van der Waals surface area (Å²) in [5, 5.41) is 11.1. The molecule has 3 nitrogen and oxygen atoms in total. The third-order valence-electron chi connectivity index (χ3n) is 2.18. The molecule has 0 aliphatic heterocycles. The molecule has 0 spiro atoms. The average molecular weight is 241 g/mol. The fourth-order valence-electron chi connectivity index (χ4n) is 1.28. The van der Waals surface area contributed by atoms with Crippen molar-refractivity contribution in [3.8, 4) is 0 Å². The third-order valence-corrected chi connectivity index (χ3v) is 2.18. The molecular weight excluding hydrogens is 228 g/mol. The normalized spacial score (nSPS) is 11.4. The first kappa shape index (κ1) is 13.2. The number of carboxylic acids is 1. The molecule has 1 aromatic rings. The molecule has 0 amide bonds. The first-order valence-corrected chi connectivity index (χ1v) is 4.99. The van der Waals surface area contributed by atoms with Gasteiger partial charge in [0.1, 0.15) is 11.6 Å². The van der Waals surface area contributed by atoms with Crippen LogP contribution < -0.4 is 5.32 Å². The second-order valence-electron chi connectivity index (χ2n) is 3.76. The van der Waals surface area contributed by atoms with Gasteiger partial charge < -0.3 is 10.4 Å². The Balaban J connectivity index is 2.76. The minimum absolute atomic E-state index is 0.0197. The molecule has 1 aromatic carbocycles. The monoisotopic (exact) mass is 241 g/mol. The van der Waals surface area contributed by atoms with Crippen LogP contribution in [0.4, 0.5) is 14.5 Å². The third kappa shape index (κ3) is 3.86. The number of aryl methyl sites for hydroxylation is 1. The Morgan fingerprint density at radius 1 is 1.41 bits per heavy atom. The van der Waals surface area contributed by atoms with E-state index in [0.717, 1.165) is 18.2 Å². The van der Waals surface area contributed by atoms with Crippen LogP contribution in [0.2, 0.25) is 0 Å². The molecule has 0 aromatic heterocycles. The Morgan fingerprint density at radius 2 is 2.06 bits per heavy atom. The molecule has 0 saturated heterocycles. The Hall–Kier alpha value is -1.91. The summed E-state index contributed by atoms with van der Waals surface area (Å²) in [6.07, 6.45) is 1.01. The summed E-state index contributed by atoms with van der Waals surface area (Å²) in [7, 11) is 0. The van der Waals surface area contributed by atoms with E-state index in [0.29, 0.717) is 5.57 Å². The van der Waals surface area contributed by atoms with Gasteiger partial charge in [-0.15, -0.1) is 0 Å². The molecule has 0 bridgehead atoms. The smallest absolute Gasteiger partial charge is 0.328 e. The van der Waals surface area contributed by atoms with Crippen LogP contribution in [0, 0.1) is 18.6 Å². The van der Waals surface area contributed by atoms with Crippen molar-refractivity contribution in [2.45, 2.75) is 13.8 Å². The van der Waals surface area contributed by atoms with Crippen molar-refractivity contribution in [2.75, 3.05) is 11.9 Å². The van der Waals surface area contributed by atoms with Crippen LogP contribution in [0.5, 0.6) is 0 Å². The topological polar surface area (TPSA) is 49.3 Å². The molecule has 0 atom stereocenters. The highest BCUT2D eigenvalue weighted by Gasteiger charge is 2.06. The summed E-state index contributed by atoms with van der Waals surface area (Å²) in [5.41, 5.74) is 0.759. The molecule has 0 radical (unpaired) electrons. The van der Waals surface area contributed by atoms with Crippen LogP contribution in [0.25, 0.3) is 0 Å². The summed E-state index contributed by atoms with van der Waals surface area (Å²) in [6, 6.07) is 2.15. The zero-order valence-corrected chi connectivity index (χ0v) is 9.55. The molecule has 0 aliphatic carbocycles. The van der Waals surface area contributed by atoms with E-state index in [1.165, 1.54) is 6.92 Å². The van der Waals surface area contributed by atoms with Gasteiger partial charge in [0, 0.05) is 18.7 Å². The maximum Gasteiger partial charge on any atom is 0.328 e. The predicted molar refractivity (Wildman–Crippen MR) is 61.0 cm³/mol. The molecule has 0 saturated carbocycles. The van der Waals surface area contributed by atoms with Gasteiger partial charge >= 0.3 is 5.97 Å². The molecule has 2 N–H and O–H groups in total. The van der Waals surface area contributed by atoms with E-state index in [-0.39, 0.29) is 17.8 Å². The van der Waals surface area contributed by atoms with Gasteiger partial charge in [-0.3, -0.25) is 0 Å². The van der Waals surface area contributed by atoms with Gasteiger partial charge in [0.15, 0.2) is 0 Å². The summed E-state index contributed by atoms with van der Waals surface area (Å²) < 4.78 is 26.6. The van der Waals surface area contributed by atoms with E-state index in [2.05, 4.69) is 5.32 Å². The molecule has 0 unspecified atom stereocenters. The largest absolute Gasteiger partial charge is 0.478 e. The number of anilines is 1. The van der Waals surface area contributed by atoms with E-state index in [1.54, 1.807) is 6.92 Å². The lowest BCUT2D eigenvalue weighted by Crippen LogP contribution is -2.07. The summed E-state index contributed by atoms with van der Waals surface area (Å²) in [5.74, 6) is -2.14. The van der Waals surface area contributed by atoms with Gasteiger partial charge in [-0.2, -0.15) is 0 Å². The zero-order valence-electron chi connectivity index (χ0n) is 9.55. The van der Waals surface area contributed by atoms with Crippen molar-refractivity contribution in [3.63, 3.8) is 0 Å². The predicted octanol–water partition coefficient (Wildman–Crippen LogP) is 2.72. The van der Waals surface area contributed by atoms with Gasteiger partial charge in [-0.25, -0.2) is 13.6 Å². The Labute approximate surface area is 97.8 Å². The first-order valence-electron chi connectivity index (χ1n) is 4.99. The lowest BCUT2D eigenvalue weighted by atomic mass is 10.2. The number of nitrogens with one attached hydrogen (secondary N) is 1. The summed E-state index contributed by atoms with van der Waals surface area (Å²) >= 11 is 0. The van der Waals surface area contributed by atoms with Gasteiger partial charge in [-0.05, 0) is 31.1 Å². The van der Waals surface area contributed by atoms with Gasteiger partial charge in [0.05, 0.1) is 5.69 Å². The number of halogens is 2. The van der Waals surface area contributed by atoms with E-state index in [1.807, 2.05) is 0 Å². The average Bonchev–Trinajstić information content (AvgIpc) is 2.20. The lowest BCUT2D eigenvalue weighted by Gasteiger charge is -2.08. The van der Waals surface area contributed by atoms with Crippen molar-refractivity contribution in [3.05, 3.63) is 41.0 Å². The summed E-state index contributed by atoms with van der Waals surface area (Å²) in [6.45, 7) is 3.20. The highest BCUT2D eigenvalue weighted by molar-refractivity contribution is 5.80. The molecular formula is C12H13F2NO2. The maximum atomic E-state index is 13.4. The van der Waals surface area contributed by atoms with Crippen LogP contribution in [0.1, 0.15) is 12.5 Å². The van der Waals surface area contributed by atoms with Gasteiger partial charge in [-0.1, -0.05) is 0 Å². The Morgan fingerprint density at radius 3 is 2.65 bits per heavy atom. The lowest BCUT2D eigenvalue weighted by molar-refractivity contribution is -0.131. The van der Waals surface area contributed by atoms with Crippen molar-refractivity contribution < 1.29 is 18.7 Å². The number of aliphatic carboxylic acids is 1. The fraction of sp³-hybridized carbons (Fsp3) is 0.250. The second-order valence-corrected chi connectivity index (χ2v) is 3.76. The van der Waals surface area contributed by atoms with Crippen LogP contribution in [0.3, 0.4) is 0 Å². The number of hydrogen-bond donors (Lipinski definition) is 2. The standard InChI is InChI=1S/C12H13F2NO2/c1-7(3-12(16)17)6-15-11-5-9(13)8(2)4-10(11)14/h3-5,15H,6H2,1-2H3,(H,16,17)/b7-3-. The summed E-state index contributed by atoms with van der Waals surface area (Å²) in [4.78, 5) is 10.3. The van der Waals surface area contributed by atoms with Crippen LogP contribution in [-0.4, -0.2) is 17.6 Å².